The van der Waals surface area contributed by atoms with E-state index in [0.717, 1.165) is 11.9 Å². The van der Waals surface area contributed by atoms with Gasteiger partial charge in [0.05, 0.1) is 17.2 Å². The molecule has 120 valence electrons. The Labute approximate surface area is 130 Å². The number of hydrogen-bond donors (Lipinski definition) is 1. The fourth-order valence-corrected chi connectivity index (χ4v) is 2.78. The maximum absolute atomic E-state index is 11.0. The molecule has 22 heavy (non-hydrogen) atoms. The first-order chi connectivity index (χ1) is 10.2. The summed E-state index contributed by atoms with van der Waals surface area (Å²) in [6, 6.07) is 0.0762. The van der Waals surface area contributed by atoms with Crippen LogP contribution in [0.25, 0.3) is 0 Å². The molecular weight excluding hydrogens is 285 g/mol. The minimum absolute atomic E-state index is 0.0762. The molecule has 1 atom stereocenters. The van der Waals surface area contributed by atoms with Crippen LogP contribution < -0.4 is 5.46 Å². The first kappa shape index (κ1) is 15.4. The number of amides is 1. The summed E-state index contributed by atoms with van der Waals surface area (Å²) in [5, 5.41) is 13.4. The standard InChI is InChI=1S/C14H22BN3O4/c1-13(2)14(3,4)22-15(21-13)10-7-16-18(8-10)11-5-6-17(9-11)12(19)20/h7-8,11H,5-6,9H2,1-4H3,(H,19,20)/t11-/m1/s1. The molecule has 7 nitrogen and oxygen atoms in total. The summed E-state index contributed by atoms with van der Waals surface area (Å²) in [7, 11) is -0.435. The van der Waals surface area contributed by atoms with Crippen LogP contribution in [0.15, 0.2) is 12.4 Å². The Balaban J connectivity index is 1.72. The first-order valence-corrected chi connectivity index (χ1v) is 7.57. The molecule has 2 aliphatic rings. The minimum Gasteiger partial charge on any atom is -0.465 e. The minimum atomic E-state index is -0.874. The maximum atomic E-state index is 11.0. The topological polar surface area (TPSA) is 76.8 Å². The molecule has 1 aromatic rings. The van der Waals surface area contributed by atoms with Gasteiger partial charge in [0, 0.05) is 30.9 Å². The molecule has 0 unspecified atom stereocenters. The zero-order valence-corrected chi connectivity index (χ0v) is 13.4. The molecule has 8 heteroatoms. The molecule has 0 bridgehead atoms. The monoisotopic (exact) mass is 307 g/mol. The average molecular weight is 307 g/mol. The maximum Gasteiger partial charge on any atom is 0.498 e. The van der Waals surface area contributed by atoms with Crippen LogP contribution >= 0.6 is 0 Å². The smallest absolute Gasteiger partial charge is 0.465 e. The molecule has 3 rings (SSSR count). The van der Waals surface area contributed by atoms with Crippen LogP contribution in [0.2, 0.25) is 0 Å². The van der Waals surface area contributed by atoms with Crippen LogP contribution in [0.3, 0.4) is 0 Å². The van der Waals surface area contributed by atoms with Crippen molar-refractivity contribution in [3.63, 3.8) is 0 Å². The van der Waals surface area contributed by atoms with Crippen molar-refractivity contribution in [2.45, 2.75) is 51.4 Å². The highest BCUT2D eigenvalue weighted by atomic mass is 16.7. The predicted octanol–water partition coefficient (Wildman–Crippen LogP) is 1.11. The lowest BCUT2D eigenvalue weighted by atomic mass is 9.82. The second-order valence-corrected chi connectivity index (χ2v) is 7.01. The lowest BCUT2D eigenvalue weighted by Crippen LogP contribution is -2.41. The number of likely N-dealkylation sites (tertiary alicyclic amines) is 1. The molecule has 0 radical (unpaired) electrons. The number of hydrogen-bond acceptors (Lipinski definition) is 4. The Kier molecular flexibility index (Phi) is 3.49. The molecule has 0 saturated carbocycles. The number of carbonyl (C=O) groups is 1. The van der Waals surface area contributed by atoms with Crippen LogP contribution in [0.1, 0.15) is 40.2 Å². The van der Waals surface area contributed by atoms with Gasteiger partial charge in [-0.25, -0.2) is 4.79 Å². The second-order valence-electron chi connectivity index (χ2n) is 7.01. The van der Waals surface area contributed by atoms with E-state index in [4.69, 9.17) is 14.4 Å². The molecule has 3 heterocycles. The first-order valence-electron chi connectivity index (χ1n) is 7.57. The van der Waals surface area contributed by atoms with Crippen molar-refractivity contribution >= 4 is 18.7 Å². The normalized spacial score (nSPS) is 26.6. The van der Waals surface area contributed by atoms with Crippen molar-refractivity contribution in [3.05, 3.63) is 12.4 Å². The third kappa shape index (κ3) is 2.50. The molecule has 0 aromatic carbocycles. The van der Waals surface area contributed by atoms with E-state index in [1.165, 1.54) is 4.90 Å². The van der Waals surface area contributed by atoms with E-state index in [1.54, 1.807) is 6.20 Å². The van der Waals surface area contributed by atoms with E-state index in [2.05, 4.69) is 5.10 Å². The molecular formula is C14H22BN3O4. The summed E-state index contributed by atoms with van der Waals surface area (Å²) >= 11 is 0. The average Bonchev–Trinajstić information content (AvgIpc) is 3.09. The van der Waals surface area contributed by atoms with Crippen molar-refractivity contribution in [3.8, 4) is 0 Å². The van der Waals surface area contributed by atoms with E-state index in [0.29, 0.717) is 13.1 Å². The quantitative estimate of drug-likeness (QED) is 0.828. The summed E-state index contributed by atoms with van der Waals surface area (Å²) < 4.78 is 13.8. The van der Waals surface area contributed by atoms with Gasteiger partial charge in [0.2, 0.25) is 0 Å². The lowest BCUT2D eigenvalue weighted by molar-refractivity contribution is 0.00578. The molecule has 1 aromatic heterocycles. The summed E-state index contributed by atoms with van der Waals surface area (Å²) in [6.07, 6.45) is 3.54. The van der Waals surface area contributed by atoms with Crippen LogP contribution in [-0.4, -0.2) is 57.3 Å². The van der Waals surface area contributed by atoms with Crippen molar-refractivity contribution in [2.24, 2.45) is 0 Å². The van der Waals surface area contributed by atoms with Gasteiger partial charge in [-0.05, 0) is 34.1 Å². The number of rotatable bonds is 2. The van der Waals surface area contributed by atoms with Crippen molar-refractivity contribution < 1.29 is 19.2 Å². The van der Waals surface area contributed by atoms with E-state index < -0.39 is 13.2 Å². The highest BCUT2D eigenvalue weighted by molar-refractivity contribution is 6.62. The lowest BCUT2D eigenvalue weighted by Gasteiger charge is -2.32. The second kappa shape index (κ2) is 4.99. The molecule has 0 aliphatic carbocycles. The van der Waals surface area contributed by atoms with E-state index in [1.807, 2.05) is 38.6 Å². The molecule has 2 fully saturated rings. The Morgan fingerprint density at radius 1 is 1.36 bits per heavy atom. The van der Waals surface area contributed by atoms with Crippen molar-refractivity contribution in [1.29, 1.82) is 0 Å². The summed E-state index contributed by atoms with van der Waals surface area (Å²) in [5.74, 6) is 0. The SMILES string of the molecule is CC1(C)OB(c2cnn([C@@H]3CCN(C(=O)O)C3)c2)OC1(C)C. The highest BCUT2D eigenvalue weighted by Crippen LogP contribution is 2.36. The fourth-order valence-electron chi connectivity index (χ4n) is 2.78. The van der Waals surface area contributed by atoms with Gasteiger partial charge in [-0.2, -0.15) is 5.10 Å². The van der Waals surface area contributed by atoms with Gasteiger partial charge in [0.25, 0.3) is 0 Å². The van der Waals surface area contributed by atoms with Gasteiger partial charge in [-0.3, -0.25) is 4.68 Å². The van der Waals surface area contributed by atoms with Gasteiger partial charge in [-0.15, -0.1) is 0 Å². The van der Waals surface area contributed by atoms with E-state index >= 15 is 0 Å². The van der Waals surface area contributed by atoms with Crippen LogP contribution in [0, 0.1) is 0 Å². The Hall–Kier alpha value is -1.54. The third-order valence-electron chi connectivity index (χ3n) is 4.95. The molecule has 2 saturated heterocycles. The summed E-state index contributed by atoms with van der Waals surface area (Å²) in [6.45, 7) is 9.07. The Morgan fingerprint density at radius 3 is 2.55 bits per heavy atom. The number of carboxylic acid groups (broad SMARTS) is 1. The Morgan fingerprint density at radius 2 is 2.00 bits per heavy atom. The number of aromatic nitrogens is 2. The number of nitrogens with zero attached hydrogens (tertiary/aromatic N) is 3. The van der Waals surface area contributed by atoms with Crippen molar-refractivity contribution in [2.75, 3.05) is 13.1 Å². The largest absolute Gasteiger partial charge is 0.498 e. The zero-order valence-electron chi connectivity index (χ0n) is 13.4. The third-order valence-corrected chi connectivity index (χ3v) is 4.95. The fraction of sp³-hybridized carbons (Fsp3) is 0.714. The van der Waals surface area contributed by atoms with E-state index in [9.17, 15) is 4.79 Å². The van der Waals surface area contributed by atoms with Gasteiger partial charge >= 0.3 is 13.2 Å². The highest BCUT2D eigenvalue weighted by Gasteiger charge is 2.52. The molecule has 1 amide bonds. The van der Waals surface area contributed by atoms with Crippen LogP contribution in [0.5, 0.6) is 0 Å². The summed E-state index contributed by atoms with van der Waals surface area (Å²) in [5.41, 5.74) is 0.105. The summed E-state index contributed by atoms with van der Waals surface area (Å²) in [4.78, 5) is 12.4. The van der Waals surface area contributed by atoms with E-state index in [-0.39, 0.29) is 17.2 Å². The van der Waals surface area contributed by atoms with Gasteiger partial charge in [0.1, 0.15) is 0 Å². The predicted molar refractivity (Wildman–Crippen MR) is 81.2 cm³/mol. The van der Waals surface area contributed by atoms with Gasteiger partial charge in [-0.1, -0.05) is 0 Å². The molecule has 0 spiro atoms. The zero-order chi connectivity index (χ0) is 16.1. The van der Waals surface area contributed by atoms with Crippen LogP contribution in [-0.2, 0) is 9.31 Å². The van der Waals surface area contributed by atoms with Crippen LogP contribution in [0.4, 0.5) is 4.79 Å². The molecule has 1 N–H and O–H groups in total. The van der Waals surface area contributed by atoms with Crippen molar-refractivity contribution in [1.82, 2.24) is 14.7 Å². The van der Waals surface area contributed by atoms with Gasteiger partial charge in [0.15, 0.2) is 0 Å². The Bertz CT molecular complexity index is 570. The van der Waals surface area contributed by atoms with Gasteiger partial charge < -0.3 is 19.3 Å². The molecule has 2 aliphatic heterocycles.